The molecule has 0 spiro atoms. The van der Waals surface area contributed by atoms with Crippen molar-refractivity contribution in [1.82, 2.24) is 0 Å². The molecule has 2 atom stereocenters. The zero-order chi connectivity index (χ0) is 44.6. The highest BCUT2D eigenvalue weighted by Gasteiger charge is 2.39. The van der Waals surface area contributed by atoms with Crippen LogP contribution in [-0.4, -0.2) is 63.2 Å². The van der Waals surface area contributed by atoms with Gasteiger partial charge in [0.15, 0.2) is 35.2 Å². The fraction of sp³-hybridized carbons (Fsp3) is 0.388. The van der Waals surface area contributed by atoms with Gasteiger partial charge < -0.3 is 57.2 Å². The van der Waals surface area contributed by atoms with E-state index in [0.717, 1.165) is 31.2 Å². The van der Waals surface area contributed by atoms with E-state index in [-0.39, 0.29) is 37.1 Å². The number of hydrogen-bond acceptors (Lipinski definition) is 13. The van der Waals surface area contributed by atoms with Crippen LogP contribution >= 0.6 is 0 Å². The predicted molar refractivity (Wildman–Crippen MR) is 231 cm³/mol. The van der Waals surface area contributed by atoms with Gasteiger partial charge >= 0.3 is 11.9 Å². The molecule has 14 heteroatoms. The van der Waals surface area contributed by atoms with Crippen LogP contribution < -0.4 is 37.9 Å². The molecule has 4 heterocycles. The molecule has 1 N–H and O–H groups in total. The van der Waals surface area contributed by atoms with Gasteiger partial charge in [-0.3, -0.25) is 0 Å². The van der Waals surface area contributed by atoms with E-state index >= 15 is 0 Å². The van der Waals surface area contributed by atoms with Crippen molar-refractivity contribution >= 4 is 23.5 Å². The average Bonchev–Trinajstić information content (AvgIpc) is 3.95. The molecule has 0 fully saturated rings. The molecule has 4 aliphatic rings. The van der Waals surface area contributed by atoms with Crippen molar-refractivity contribution < 1.29 is 66.8 Å². The Labute approximate surface area is 367 Å². The minimum absolute atomic E-state index is 0.0331. The SMILES string of the molecule is CCCCOc1ccc2c(c1)C(OC(C)C)=C(C(=O)O)C(c1ccc3c(c1)OCO3)O2.CCCCOc1ccc2c(c1)C(OC(C)C)=C(C(=O)OC)C(c1ccc3c(c1)OCO3)O2. The van der Waals surface area contributed by atoms with Crippen molar-refractivity contribution in [3.05, 3.63) is 106 Å². The first-order valence-electron chi connectivity index (χ1n) is 21.3. The number of aliphatic carboxylic acids is 1. The lowest BCUT2D eigenvalue weighted by atomic mass is 9.94. The number of rotatable bonds is 16. The van der Waals surface area contributed by atoms with Crippen LogP contribution in [0.15, 0.2) is 83.9 Å². The molecular weight excluding hydrogens is 813 g/mol. The number of unbranched alkanes of at least 4 members (excludes halogenated alkanes) is 2. The van der Waals surface area contributed by atoms with E-state index in [2.05, 4.69) is 13.8 Å². The highest BCUT2D eigenvalue weighted by Crippen LogP contribution is 2.48. The van der Waals surface area contributed by atoms with Crippen LogP contribution in [0.2, 0.25) is 0 Å². The second kappa shape index (κ2) is 20.0. The van der Waals surface area contributed by atoms with Crippen LogP contribution in [0.1, 0.15) is 102 Å². The molecule has 8 rings (SSSR count). The molecule has 0 aliphatic carbocycles. The maximum absolute atomic E-state index is 13.0. The molecule has 0 saturated carbocycles. The Morgan fingerprint density at radius 2 is 1.03 bits per heavy atom. The molecule has 0 amide bonds. The zero-order valence-electron chi connectivity index (χ0n) is 36.6. The van der Waals surface area contributed by atoms with Gasteiger partial charge in [-0.2, -0.15) is 0 Å². The quantitative estimate of drug-likeness (QED) is 0.0838. The van der Waals surface area contributed by atoms with Gasteiger partial charge in [-0.1, -0.05) is 38.8 Å². The van der Waals surface area contributed by atoms with Crippen molar-refractivity contribution in [1.29, 1.82) is 0 Å². The topological polar surface area (TPSA) is 156 Å². The smallest absolute Gasteiger partial charge is 0.341 e. The number of hydrogen-bond donors (Lipinski definition) is 1. The van der Waals surface area contributed by atoms with Crippen molar-refractivity contribution in [2.75, 3.05) is 33.9 Å². The fourth-order valence-electron chi connectivity index (χ4n) is 7.19. The van der Waals surface area contributed by atoms with Crippen LogP contribution in [0.5, 0.6) is 46.0 Å². The third kappa shape index (κ3) is 10.0. The van der Waals surface area contributed by atoms with Gasteiger partial charge in [-0.05, 0) is 101 Å². The van der Waals surface area contributed by atoms with Crippen LogP contribution in [0.25, 0.3) is 11.5 Å². The third-order valence-corrected chi connectivity index (χ3v) is 10.2. The van der Waals surface area contributed by atoms with Gasteiger partial charge in [0.2, 0.25) is 13.6 Å². The van der Waals surface area contributed by atoms with Gasteiger partial charge in [-0.15, -0.1) is 0 Å². The average molecular weight is 867 g/mol. The Morgan fingerprint density at radius 3 is 1.46 bits per heavy atom. The predicted octanol–water partition coefficient (Wildman–Crippen LogP) is 9.99. The van der Waals surface area contributed by atoms with Gasteiger partial charge in [-0.25, -0.2) is 9.59 Å². The minimum Gasteiger partial charge on any atom is -0.494 e. The van der Waals surface area contributed by atoms with E-state index < -0.39 is 24.1 Å². The summed E-state index contributed by atoms with van der Waals surface area (Å²) in [6.45, 7) is 13.2. The van der Waals surface area contributed by atoms with Crippen LogP contribution in [0.3, 0.4) is 0 Å². The van der Waals surface area contributed by atoms with Crippen molar-refractivity contribution in [3.63, 3.8) is 0 Å². The number of esters is 1. The number of benzene rings is 4. The number of carboxylic acid groups (broad SMARTS) is 1. The molecule has 63 heavy (non-hydrogen) atoms. The molecule has 0 saturated heterocycles. The lowest BCUT2D eigenvalue weighted by molar-refractivity contribution is -0.137. The summed E-state index contributed by atoms with van der Waals surface area (Å²) >= 11 is 0. The van der Waals surface area contributed by atoms with E-state index in [9.17, 15) is 14.7 Å². The van der Waals surface area contributed by atoms with Gasteiger partial charge in [0, 0.05) is 11.1 Å². The molecular formula is C49H54O14. The molecule has 14 nitrogen and oxygen atoms in total. The molecule has 4 aliphatic heterocycles. The van der Waals surface area contributed by atoms with E-state index in [4.69, 9.17) is 52.1 Å². The largest absolute Gasteiger partial charge is 0.494 e. The first-order valence-corrected chi connectivity index (χ1v) is 21.3. The summed E-state index contributed by atoms with van der Waals surface area (Å²) in [4.78, 5) is 25.3. The Bertz CT molecular complexity index is 2360. The maximum atomic E-state index is 13.0. The molecule has 0 bridgehead atoms. The summed E-state index contributed by atoms with van der Waals surface area (Å²) in [6, 6.07) is 21.7. The summed E-state index contributed by atoms with van der Waals surface area (Å²) in [7, 11) is 1.35. The van der Waals surface area contributed by atoms with Crippen LogP contribution in [0, 0.1) is 0 Å². The molecule has 4 aromatic rings. The highest BCUT2D eigenvalue weighted by molar-refractivity contribution is 5.99. The second-order valence-electron chi connectivity index (χ2n) is 15.6. The molecule has 334 valence electrons. The highest BCUT2D eigenvalue weighted by atomic mass is 16.7. The Balaban J connectivity index is 0.000000189. The second-order valence-corrected chi connectivity index (χ2v) is 15.6. The van der Waals surface area contributed by atoms with Crippen molar-refractivity contribution in [2.24, 2.45) is 0 Å². The minimum atomic E-state index is -1.11. The number of carbonyl (C=O) groups excluding carboxylic acids is 1. The summed E-state index contributed by atoms with van der Waals surface area (Å²) in [5.41, 5.74) is 2.92. The zero-order valence-corrected chi connectivity index (χ0v) is 36.6. The van der Waals surface area contributed by atoms with E-state index in [1.165, 1.54) is 7.11 Å². The Morgan fingerprint density at radius 1 is 0.603 bits per heavy atom. The number of carboxylic acids is 1. The van der Waals surface area contributed by atoms with Crippen molar-refractivity contribution in [2.45, 2.75) is 91.6 Å². The van der Waals surface area contributed by atoms with Gasteiger partial charge in [0.25, 0.3) is 0 Å². The molecule has 0 aromatic heterocycles. The summed E-state index contributed by atoms with van der Waals surface area (Å²) in [5.74, 6) is 3.98. The number of fused-ring (bicyclic) bond motifs is 4. The molecule has 2 unspecified atom stereocenters. The van der Waals surface area contributed by atoms with E-state index in [1.54, 1.807) is 36.4 Å². The third-order valence-electron chi connectivity index (χ3n) is 10.2. The van der Waals surface area contributed by atoms with E-state index in [1.807, 2.05) is 64.1 Å². The van der Waals surface area contributed by atoms with Gasteiger partial charge in [0.1, 0.15) is 45.7 Å². The van der Waals surface area contributed by atoms with Crippen LogP contribution in [0.4, 0.5) is 0 Å². The Kier molecular flexibility index (Phi) is 14.1. The first kappa shape index (κ1) is 44.4. The fourth-order valence-corrected chi connectivity index (χ4v) is 7.19. The van der Waals surface area contributed by atoms with E-state index in [0.29, 0.717) is 87.2 Å². The standard InChI is InChI=1S/C25H28O7.C24H26O7/c1-5-6-11-28-17-8-10-19-18(13-17)24(31-15(2)3)22(25(26)27-4)23(32-19)16-7-9-20-21(12-16)30-14-29-20;1-4-5-10-27-16-7-9-18-17(12-16)23(30-14(2)3)21(24(25)26)22(31-18)15-6-8-19-20(11-15)29-13-28-19/h7-10,12-13,15,23H,5-6,11,14H2,1-4H3;6-9,11-12,14,22H,4-5,10,13H2,1-3H3,(H,25,26). The Hall–Kier alpha value is -6.70. The number of methoxy groups -OCH3 is 1. The lowest BCUT2D eigenvalue weighted by Gasteiger charge is -2.31. The summed E-state index contributed by atoms with van der Waals surface area (Å²) < 4.78 is 63.2. The van der Waals surface area contributed by atoms with Crippen molar-refractivity contribution in [3.8, 4) is 46.0 Å². The summed E-state index contributed by atoms with van der Waals surface area (Å²) in [6.07, 6.45) is 1.97. The summed E-state index contributed by atoms with van der Waals surface area (Å²) in [5, 5.41) is 10.1. The number of ether oxygens (including phenoxy) is 11. The maximum Gasteiger partial charge on any atom is 0.341 e. The monoisotopic (exact) mass is 866 g/mol. The number of carbonyl (C=O) groups is 2. The van der Waals surface area contributed by atoms with Crippen LogP contribution in [-0.2, 0) is 23.8 Å². The lowest BCUT2D eigenvalue weighted by Crippen LogP contribution is -2.25. The molecule has 0 radical (unpaired) electrons. The molecule has 4 aromatic carbocycles. The normalized spacial score (nSPS) is 16.6. The van der Waals surface area contributed by atoms with Gasteiger partial charge in [0.05, 0.1) is 43.7 Å². The first-order chi connectivity index (χ1) is 30.5.